The van der Waals surface area contributed by atoms with Gasteiger partial charge in [0.1, 0.15) is 0 Å². The van der Waals surface area contributed by atoms with Crippen molar-refractivity contribution < 1.29 is 14.7 Å². The van der Waals surface area contributed by atoms with Gasteiger partial charge in [-0.2, -0.15) is 0 Å². The molecule has 0 bridgehead atoms. The molecule has 0 atom stereocenters. The third-order valence-electron chi connectivity index (χ3n) is 2.91. The fraction of sp³-hybridized carbons (Fsp3) is 0.727. The first-order valence-corrected chi connectivity index (χ1v) is 6.41. The minimum atomic E-state index is -0.723. The topological polar surface area (TPSA) is 81.7 Å². The van der Waals surface area contributed by atoms with E-state index in [1.807, 2.05) is 4.90 Å². The van der Waals surface area contributed by atoms with Crippen molar-refractivity contribution in [3.05, 3.63) is 0 Å². The zero-order valence-corrected chi connectivity index (χ0v) is 11.3. The van der Waals surface area contributed by atoms with Gasteiger partial charge in [0.25, 0.3) is 0 Å². The molecule has 0 aromatic heterocycles. The molecule has 0 aliphatic carbocycles. The summed E-state index contributed by atoms with van der Waals surface area (Å²) in [6.07, 6.45) is 1.26. The van der Waals surface area contributed by atoms with Gasteiger partial charge in [0.2, 0.25) is 5.91 Å². The zero-order chi connectivity index (χ0) is 13.5. The largest absolute Gasteiger partial charge is 0.481 e. The van der Waals surface area contributed by atoms with Crippen LogP contribution < -0.4 is 10.6 Å². The molecular weight excluding hydrogens is 254 g/mol. The van der Waals surface area contributed by atoms with Crippen LogP contribution in [0.25, 0.3) is 0 Å². The van der Waals surface area contributed by atoms with Crippen molar-refractivity contribution >= 4 is 29.2 Å². The number of aliphatic carboxylic acids is 1. The van der Waals surface area contributed by atoms with Crippen LogP contribution in [0.15, 0.2) is 0 Å². The van der Waals surface area contributed by atoms with Crippen molar-refractivity contribution in [2.75, 3.05) is 26.2 Å². The standard InChI is InChI=1S/C11H19N3O3S/c1-8(15)12-4-5-13-11(18)14-6-2-9(3-7-14)10(16)17/h9H,2-7H2,1H3,(H,12,15)(H,13,18)(H,16,17). The number of carbonyl (C=O) groups is 2. The molecule has 1 aliphatic rings. The Morgan fingerprint density at radius 1 is 1.28 bits per heavy atom. The van der Waals surface area contributed by atoms with Gasteiger partial charge in [-0.25, -0.2) is 0 Å². The lowest BCUT2D eigenvalue weighted by Crippen LogP contribution is -2.46. The highest BCUT2D eigenvalue weighted by atomic mass is 32.1. The third-order valence-corrected chi connectivity index (χ3v) is 3.31. The Morgan fingerprint density at radius 3 is 2.33 bits per heavy atom. The van der Waals surface area contributed by atoms with Gasteiger partial charge in [-0.15, -0.1) is 0 Å². The second kappa shape index (κ2) is 7.15. The molecule has 3 N–H and O–H groups in total. The molecule has 0 radical (unpaired) electrons. The fourth-order valence-electron chi connectivity index (χ4n) is 1.85. The third kappa shape index (κ3) is 4.87. The Balaban J connectivity index is 2.20. The van der Waals surface area contributed by atoms with Crippen molar-refractivity contribution in [1.82, 2.24) is 15.5 Å². The van der Waals surface area contributed by atoms with Gasteiger partial charge in [0.05, 0.1) is 5.92 Å². The molecule has 1 amide bonds. The number of carbonyl (C=O) groups excluding carboxylic acids is 1. The van der Waals surface area contributed by atoms with Crippen LogP contribution in [0.5, 0.6) is 0 Å². The number of hydrogen-bond acceptors (Lipinski definition) is 3. The van der Waals surface area contributed by atoms with Crippen molar-refractivity contribution in [2.45, 2.75) is 19.8 Å². The molecular formula is C11H19N3O3S. The van der Waals surface area contributed by atoms with Crippen LogP contribution in [-0.4, -0.2) is 53.2 Å². The lowest BCUT2D eigenvalue weighted by molar-refractivity contribution is -0.143. The van der Waals surface area contributed by atoms with Crippen LogP contribution in [0.3, 0.4) is 0 Å². The van der Waals surface area contributed by atoms with E-state index in [-0.39, 0.29) is 11.8 Å². The summed E-state index contributed by atoms with van der Waals surface area (Å²) in [4.78, 5) is 23.4. The number of amides is 1. The summed E-state index contributed by atoms with van der Waals surface area (Å²) in [5.41, 5.74) is 0. The van der Waals surface area contributed by atoms with Gasteiger partial charge >= 0.3 is 5.97 Å². The highest BCUT2D eigenvalue weighted by molar-refractivity contribution is 7.80. The van der Waals surface area contributed by atoms with Crippen molar-refractivity contribution in [3.63, 3.8) is 0 Å². The van der Waals surface area contributed by atoms with E-state index in [0.29, 0.717) is 44.1 Å². The van der Waals surface area contributed by atoms with Crippen molar-refractivity contribution in [1.29, 1.82) is 0 Å². The molecule has 1 aliphatic heterocycles. The molecule has 0 unspecified atom stereocenters. The number of likely N-dealkylation sites (tertiary alicyclic amines) is 1. The average molecular weight is 273 g/mol. The Hall–Kier alpha value is -1.37. The van der Waals surface area contributed by atoms with Crippen molar-refractivity contribution in [2.24, 2.45) is 5.92 Å². The maximum absolute atomic E-state index is 10.8. The van der Waals surface area contributed by atoms with Crippen LogP contribution in [0.2, 0.25) is 0 Å². The highest BCUT2D eigenvalue weighted by Gasteiger charge is 2.25. The smallest absolute Gasteiger partial charge is 0.306 e. The van der Waals surface area contributed by atoms with E-state index in [2.05, 4.69) is 10.6 Å². The quantitative estimate of drug-likeness (QED) is 0.486. The van der Waals surface area contributed by atoms with Gasteiger partial charge < -0.3 is 20.6 Å². The maximum atomic E-state index is 10.8. The summed E-state index contributed by atoms with van der Waals surface area (Å²) in [7, 11) is 0. The molecule has 1 fully saturated rings. The molecule has 0 aromatic rings. The Labute approximate surface area is 112 Å². The number of piperidine rings is 1. The number of thiocarbonyl (C=S) groups is 1. The minimum absolute atomic E-state index is 0.0648. The minimum Gasteiger partial charge on any atom is -0.481 e. The van der Waals surface area contributed by atoms with Gasteiger partial charge in [-0.3, -0.25) is 9.59 Å². The van der Waals surface area contributed by atoms with Gasteiger partial charge in [-0.05, 0) is 25.1 Å². The van der Waals surface area contributed by atoms with Crippen LogP contribution in [0.4, 0.5) is 0 Å². The second-order valence-corrected chi connectivity index (χ2v) is 4.70. The highest BCUT2D eigenvalue weighted by Crippen LogP contribution is 2.17. The summed E-state index contributed by atoms with van der Waals surface area (Å²) < 4.78 is 0. The summed E-state index contributed by atoms with van der Waals surface area (Å²) in [6, 6.07) is 0. The van der Waals surface area contributed by atoms with Crippen LogP contribution in [0, 0.1) is 5.92 Å². The Morgan fingerprint density at radius 2 is 1.83 bits per heavy atom. The predicted octanol–water partition coefficient (Wildman–Crippen LogP) is -0.206. The molecule has 0 saturated carbocycles. The molecule has 6 nitrogen and oxygen atoms in total. The lowest BCUT2D eigenvalue weighted by atomic mass is 9.97. The molecule has 0 aromatic carbocycles. The molecule has 1 saturated heterocycles. The molecule has 1 heterocycles. The number of rotatable bonds is 4. The maximum Gasteiger partial charge on any atom is 0.306 e. The number of nitrogens with one attached hydrogen (secondary N) is 2. The molecule has 102 valence electrons. The lowest BCUT2D eigenvalue weighted by Gasteiger charge is -2.32. The van der Waals surface area contributed by atoms with Gasteiger partial charge in [0, 0.05) is 33.1 Å². The first kappa shape index (κ1) is 14.7. The van der Waals surface area contributed by atoms with E-state index < -0.39 is 5.97 Å². The fourth-order valence-corrected chi connectivity index (χ4v) is 2.13. The van der Waals surface area contributed by atoms with Gasteiger partial charge in [-0.1, -0.05) is 0 Å². The predicted molar refractivity (Wildman–Crippen MR) is 71.2 cm³/mol. The number of hydrogen-bond donors (Lipinski definition) is 3. The first-order valence-electron chi connectivity index (χ1n) is 6.00. The van der Waals surface area contributed by atoms with E-state index in [4.69, 9.17) is 17.3 Å². The normalized spacial score (nSPS) is 16.2. The van der Waals surface area contributed by atoms with E-state index in [1.54, 1.807) is 0 Å². The summed E-state index contributed by atoms with van der Waals surface area (Å²) in [5, 5.41) is 15.2. The van der Waals surface area contributed by atoms with E-state index in [0.717, 1.165) is 0 Å². The summed E-state index contributed by atoms with van der Waals surface area (Å²) in [6.45, 7) is 3.92. The Kier molecular flexibility index (Phi) is 5.84. The molecule has 1 rings (SSSR count). The second-order valence-electron chi connectivity index (χ2n) is 4.31. The van der Waals surface area contributed by atoms with Crippen LogP contribution in [-0.2, 0) is 9.59 Å². The Bertz CT molecular complexity index is 327. The summed E-state index contributed by atoms with van der Waals surface area (Å²) >= 11 is 5.21. The molecule has 7 heteroatoms. The van der Waals surface area contributed by atoms with E-state index in [9.17, 15) is 9.59 Å². The van der Waals surface area contributed by atoms with E-state index >= 15 is 0 Å². The van der Waals surface area contributed by atoms with Crippen LogP contribution >= 0.6 is 12.2 Å². The number of carboxylic acids is 1. The molecule has 0 spiro atoms. The number of nitrogens with zero attached hydrogens (tertiary/aromatic N) is 1. The average Bonchev–Trinajstić information content (AvgIpc) is 2.34. The van der Waals surface area contributed by atoms with Crippen LogP contribution in [0.1, 0.15) is 19.8 Å². The van der Waals surface area contributed by atoms with Gasteiger partial charge in [0.15, 0.2) is 5.11 Å². The van der Waals surface area contributed by atoms with Crippen molar-refractivity contribution in [3.8, 4) is 0 Å². The zero-order valence-electron chi connectivity index (χ0n) is 10.4. The van der Waals surface area contributed by atoms with E-state index in [1.165, 1.54) is 6.92 Å². The number of carboxylic acid groups (broad SMARTS) is 1. The first-order chi connectivity index (χ1) is 8.50. The monoisotopic (exact) mass is 273 g/mol. The summed E-state index contributed by atoms with van der Waals surface area (Å²) in [5.74, 6) is -1.03. The molecule has 18 heavy (non-hydrogen) atoms. The SMILES string of the molecule is CC(=O)NCCNC(=S)N1CCC(C(=O)O)CC1.